The fourth-order valence-electron chi connectivity index (χ4n) is 1.49. The first-order valence-electron chi connectivity index (χ1n) is 4.51. The number of carbonyl (C=O) groups is 1. The topological polar surface area (TPSA) is 52.6 Å². The summed E-state index contributed by atoms with van der Waals surface area (Å²) in [6.45, 7) is 0.866. The Kier molecular flexibility index (Phi) is 4.29. The van der Waals surface area contributed by atoms with Crippen LogP contribution in [0.3, 0.4) is 0 Å². The smallest absolute Gasteiger partial charge is 0.418 e. The summed E-state index contributed by atoms with van der Waals surface area (Å²) in [6.07, 6.45) is 5.31. The maximum absolute atomic E-state index is 10.9. The first kappa shape index (κ1) is 10.0. The Bertz CT molecular complexity index is 172. The zero-order valence-corrected chi connectivity index (χ0v) is 7.45. The highest BCUT2D eigenvalue weighted by Gasteiger charge is 2.17. The highest BCUT2D eigenvalue weighted by Crippen LogP contribution is 2.20. The second-order valence-corrected chi connectivity index (χ2v) is 3.12. The van der Waals surface area contributed by atoms with Gasteiger partial charge in [-0.15, -0.1) is 0 Å². The number of hydrogen-bond acceptors (Lipinski definition) is 4. The van der Waals surface area contributed by atoms with E-state index in [9.17, 15) is 9.59 Å². The van der Waals surface area contributed by atoms with E-state index >= 15 is 0 Å². The Balaban J connectivity index is 2.14. The molecule has 0 atom stereocenters. The minimum atomic E-state index is -0.477. The third-order valence-electron chi connectivity index (χ3n) is 2.10. The summed E-state index contributed by atoms with van der Waals surface area (Å²) in [5, 5.41) is 0. The average Bonchev–Trinajstić information content (AvgIpc) is 2.16. The van der Waals surface area contributed by atoms with E-state index in [1.54, 1.807) is 0 Å². The summed E-state index contributed by atoms with van der Waals surface area (Å²) >= 11 is 0. The van der Waals surface area contributed by atoms with E-state index in [-0.39, 0.29) is 12.7 Å². The molecule has 0 amide bonds. The van der Waals surface area contributed by atoms with Gasteiger partial charge >= 0.3 is 12.4 Å². The molecular weight excluding hydrogens is 172 g/mol. The van der Waals surface area contributed by atoms with Crippen LogP contribution in [0.5, 0.6) is 0 Å². The predicted molar refractivity (Wildman–Crippen MR) is 44.6 cm³/mol. The lowest BCUT2D eigenvalue weighted by Gasteiger charge is -2.21. The van der Waals surface area contributed by atoms with Crippen molar-refractivity contribution in [1.29, 1.82) is 0 Å². The fraction of sp³-hybridized carbons (Fsp3) is 0.778. The Morgan fingerprint density at radius 1 is 1.31 bits per heavy atom. The number of hydrogen-bond donors (Lipinski definition) is 0. The van der Waals surface area contributed by atoms with Gasteiger partial charge < -0.3 is 9.47 Å². The van der Waals surface area contributed by atoms with Crippen LogP contribution in [-0.2, 0) is 19.1 Å². The van der Waals surface area contributed by atoms with Crippen LogP contribution < -0.4 is 0 Å². The second-order valence-electron chi connectivity index (χ2n) is 3.12. The molecule has 0 spiro atoms. The third-order valence-corrected chi connectivity index (χ3v) is 2.10. The highest BCUT2D eigenvalue weighted by atomic mass is 16.6. The minimum absolute atomic E-state index is 0.0245. The maximum Gasteiger partial charge on any atom is 0.418 e. The molecule has 0 aromatic carbocycles. The molecule has 0 unspecified atom stereocenters. The molecule has 13 heavy (non-hydrogen) atoms. The van der Waals surface area contributed by atoms with Gasteiger partial charge in [0.1, 0.15) is 6.10 Å². The van der Waals surface area contributed by atoms with Crippen molar-refractivity contribution < 1.29 is 19.1 Å². The van der Waals surface area contributed by atoms with E-state index in [1.807, 2.05) is 0 Å². The minimum Gasteiger partial charge on any atom is -0.460 e. The lowest BCUT2D eigenvalue weighted by molar-refractivity contribution is -0.153. The zero-order valence-electron chi connectivity index (χ0n) is 7.45. The van der Waals surface area contributed by atoms with E-state index in [1.165, 1.54) is 12.9 Å². The third kappa shape index (κ3) is 3.92. The van der Waals surface area contributed by atoms with E-state index in [4.69, 9.17) is 4.74 Å². The molecule has 73 valence electrons. The van der Waals surface area contributed by atoms with Crippen LogP contribution in [0.2, 0.25) is 0 Å². The average molecular weight is 185 g/mol. The van der Waals surface area contributed by atoms with Crippen LogP contribution in [0.4, 0.5) is 0 Å². The summed E-state index contributed by atoms with van der Waals surface area (Å²) in [7, 11) is 0. The highest BCUT2D eigenvalue weighted by molar-refractivity contribution is 5.72. The van der Waals surface area contributed by atoms with Crippen molar-refractivity contribution in [3.8, 4) is 0 Å². The summed E-state index contributed by atoms with van der Waals surface area (Å²) in [5.74, 6) is -0.477. The lowest BCUT2D eigenvalue weighted by atomic mass is 9.98. The Morgan fingerprint density at radius 2 is 2.00 bits per heavy atom. The molecule has 1 fully saturated rings. The normalized spacial score (nSPS) is 17.8. The zero-order chi connectivity index (χ0) is 9.52. The number of carbonyl (C=O) groups excluding carboxylic acids is 2. The fourth-order valence-corrected chi connectivity index (χ4v) is 1.49. The molecular formula is C9H13O4. The van der Waals surface area contributed by atoms with Crippen LogP contribution in [0.25, 0.3) is 0 Å². The summed E-state index contributed by atoms with van der Waals surface area (Å²) in [5.41, 5.74) is 0. The van der Waals surface area contributed by atoms with Gasteiger partial charge in [0.05, 0.1) is 0 Å². The molecule has 1 aliphatic rings. The van der Waals surface area contributed by atoms with E-state index in [2.05, 4.69) is 4.74 Å². The van der Waals surface area contributed by atoms with Gasteiger partial charge in [-0.1, -0.05) is 6.42 Å². The molecule has 1 saturated carbocycles. The van der Waals surface area contributed by atoms with Crippen LogP contribution >= 0.6 is 0 Å². The monoisotopic (exact) mass is 185 g/mol. The van der Waals surface area contributed by atoms with Crippen molar-refractivity contribution >= 4 is 12.4 Å². The van der Waals surface area contributed by atoms with Crippen molar-refractivity contribution in [2.45, 2.75) is 38.2 Å². The molecule has 1 rings (SSSR count). The van der Waals surface area contributed by atoms with E-state index < -0.39 is 5.97 Å². The summed E-state index contributed by atoms with van der Waals surface area (Å²) in [4.78, 5) is 20.6. The van der Waals surface area contributed by atoms with Gasteiger partial charge in [0.25, 0.3) is 0 Å². The van der Waals surface area contributed by atoms with Crippen molar-refractivity contribution in [3.63, 3.8) is 0 Å². The largest absolute Gasteiger partial charge is 0.460 e. The second kappa shape index (κ2) is 5.56. The molecule has 1 radical (unpaired) electrons. The summed E-state index contributed by atoms with van der Waals surface area (Å²) in [6, 6.07) is 0. The Hall–Kier alpha value is -1.06. The predicted octanol–water partition coefficient (Wildman–Crippen LogP) is 0.946. The Labute approximate surface area is 77.2 Å². The van der Waals surface area contributed by atoms with Gasteiger partial charge in [0.2, 0.25) is 0 Å². The first-order chi connectivity index (χ1) is 6.33. The lowest BCUT2D eigenvalue weighted by Crippen LogP contribution is -2.23. The molecule has 0 aromatic heterocycles. The molecule has 0 aromatic rings. The number of esters is 1. The maximum atomic E-state index is 10.9. The van der Waals surface area contributed by atoms with Crippen LogP contribution in [0, 0.1) is 0 Å². The van der Waals surface area contributed by atoms with E-state index in [0.29, 0.717) is 0 Å². The van der Waals surface area contributed by atoms with Crippen molar-refractivity contribution in [2.75, 3.05) is 6.61 Å². The molecule has 4 nitrogen and oxygen atoms in total. The van der Waals surface area contributed by atoms with Gasteiger partial charge in [-0.05, 0) is 25.7 Å². The molecule has 0 bridgehead atoms. The first-order valence-corrected chi connectivity index (χ1v) is 4.51. The number of rotatable bonds is 4. The Morgan fingerprint density at radius 3 is 2.62 bits per heavy atom. The standard InChI is InChI=1S/C9H13O4/c10-7-12-6-9(11)13-8-4-2-1-3-5-8/h8H,1-6H2. The molecule has 0 N–H and O–H groups in total. The van der Waals surface area contributed by atoms with Gasteiger partial charge in [-0.3, -0.25) is 0 Å². The van der Waals surface area contributed by atoms with Gasteiger partial charge in [-0.2, -0.15) is 0 Å². The SMILES string of the molecule is O=[C]OCC(=O)OC1CCCCC1. The van der Waals surface area contributed by atoms with Crippen LogP contribution in [-0.4, -0.2) is 25.2 Å². The van der Waals surface area contributed by atoms with Gasteiger partial charge in [-0.25, -0.2) is 9.59 Å². The van der Waals surface area contributed by atoms with Crippen molar-refractivity contribution in [3.05, 3.63) is 0 Å². The van der Waals surface area contributed by atoms with Crippen LogP contribution in [0.1, 0.15) is 32.1 Å². The summed E-state index contributed by atoms with van der Waals surface area (Å²) < 4.78 is 9.21. The van der Waals surface area contributed by atoms with Crippen LogP contribution in [0.15, 0.2) is 0 Å². The van der Waals surface area contributed by atoms with Gasteiger partial charge in [0, 0.05) is 0 Å². The number of ether oxygens (including phenoxy) is 2. The van der Waals surface area contributed by atoms with Crippen molar-refractivity contribution in [2.24, 2.45) is 0 Å². The molecule has 4 heteroatoms. The molecule has 1 aliphatic carbocycles. The molecule has 0 aliphatic heterocycles. The van der Waals surface area contributed by atoms with E-state index in [0.717, 1.165) is 25.7 Å². The van der Waals surface area contributed by atoms with Crippen molar-refractivity contribution in [1.82, 2.24) is 0 Å². The molecule has 0 saturated heterocycles. The quantitative estimate of drug-likeness (QED) is 0.612. The van der Waals surface area contributed by atoms with Gasteiger partial charge in [0.15, 0.2) is 6.61 Å². The molecule has 0 heterocycles.